The second-order valence-corrected chi connectivity index (χ2v) is 8.31. The van der Waals surface area contributed by atoms with Crippen molar-refractivity contribution in [3.63, 3.8) is 0 Å². The van der Waals surface area contributed by atoms with Crippen LogP contribution in [0.4, 0.5) is 16.2 Å². The first-order chi connectivity index (χ1) is 17.2. The van der Waals surface area contributed by atoms with Crippen LogP contribution in [0.3, 0.4) is 0 Å². The molecule has 3 aromatic rings. The number of barbiturate groups is 1. The number of hydrogen-bond donors (Lipinski definition) is 3. The van der Waals surface area contributed by atoms with Gasteiger partial charge < -0.3 is 15.2 Å². The fraction of sp³-hybridized carbons (Fsp3) is 0.0400. The summed E-state index contributed by atoms with van der Waals surface area (Å²) in [5.41, 5.74) is 0.693. The predicted octanol–water partition coefficient (Wildman–Crippen LogP) is 4.38. The number of phenolic OH excluding ortho intramolecular Hbond substituents is 1. The van der Waals surface area contributed by atoms with Gasteiger partial charge in [-0.25, -0.2) is 9.69 Å². The Morgan fingerprint density at radius 2 is 1.64 bits per heavy atom. The lowest BCUT2D eigenvalue weighted by Crippen LogP contribution is -2.54. The number of phenols is 1. The number of carbonyl (C=O) groups is 4. The number of amides is 5. The Hall–Kier alpha value is -4.34. The van der Waals surface area contributed by atoms with Crippen LogP contribution in [-0.2, 0) is 14.4 Å². The van der Waals surface area contributed by atoms with Gasteiger partial charge in [0, 0.05) is 5.69 Å². The van der Waals surface area contributed by atoms with Crippen molar-refractivity contribution in [3.05, 3.63) is 87.9 Å². The zero-order valence-corrected chi connectivity index (χ0v) is 19.8. The van der Waals surface area contributed by atoms with Gasteiger partial charge in [0.15, 0.2) is 12.4 Å². The first-order valence-corrected chi connectivity index (χ1v) is 11.2. The fourth-order valence-corrected chi connectivity index (χ4v) is 3.93. The summed E-state index contributed by atoms with van der Waals surface area (Å²) in [7, 11) is 0. The minimum atomic E-state index is -0.929. The Morgan fingerprint density at radius 3 is 2.28 bits per heavy atom. The largest absolute Gasteiger partial charge is 0.508 e. The zero-order valence-electron chi connectivity index (χ0n) is 18.3. The van der Waals surface area contributed by atoms with Crippen molar-refractivity contribution < 1.29 is 29.0 Å². The molecule has 5 amide bonds. The third kappa shape index (κ3) is 5.48. The summed E-state index contributed by atoms with van der Waals surface area (Å²) in [6.45, 7) is -0.362. The van der Waals surface area contributed by atoms with Gasteiger partial charge >= 0.3 is 6.03 Å². The molecule has 0 aromatic heterocycles. The molecule has 0 atom stereocenters. The number of ether oxygens (including phenoxy) is 1. The second kappa shape index (κ2) is 10.5. The van der Waals surface area contributed by atoms with E-state index in [1.165, 1.54) is 42.5 Å². The number of benzene rings is 3. The monoisotopic (exact) mass is 525 g/mol. The lowest BCUT2D eigenvalue weighted by atomic mass is 10.1. The minimum absolute atomic E-state index is 0.0389. The van der Waals surface area contributed by atoms with Crippen LogP contribution in [0.2, 0.25) is 10.0 Å². The Kier molecular flexibility index (Phi) is 7.23. The van der Waals surface area contributed by atoms with Crippen molar-refractivity contribution in [1.82, 2.24) is 5.32 Å². The highest BCUT2D eigenvalue weighted by atomic mass is 35.5. The van der Waals surface area contributed by atoms with E-state index in [9.17, 15) is 24.3 Å². The van der Waals surface area contributed by atoms with E-state index in [-0.39, 0.29) is 45.0 Å². The Bertz CT molecular complexity index is 1370. The molecular formula is C25H17Cl2N3O6. The molecule has 0 unspecified atom stereocenters. The van der Waals surface area contributed by atoms with E-state index < -0.39 is 23.8 Å². The second-order valence-electron chi connectivity index (χ2n) is 7.49. The van der Waals surface area contributed by atoms with E-state index in [0.717, 1.165) is 4.90 Å². The van der Waals surface area contributed by atoms with Gasteiger partial charge in [-0.15, -0.1) is 0 Å². The van der Waals surface area contributed by atoms with E-state index in [4.69, 9.17) is 27.9 Å². The van der Waals surface area contributed by atoms with Crippen molar-refractivity contribution >= 4 is 64.4 Å². The molecule has 1 aliphatic rings. The Labute approximate surface area is 214 Å². The summed E-state index contributed by atoms with van der Waals surface area (Å²) in [6.07, 6.45) is 1.22. The van der Waals surface area contributed by atoms with E-state index in [0.29, 0.717) is 5.69 Å². The van der Waals surface area contributed by atoms with Crippen LogP contribution < -0.4 is 20.3 Å². The van der Waals surface area contributed by atoms with E-state index in [1.807, 2.05) is 6.07 Å². The molecule has 4 rings (SSSR count). The summed E-state index contributed by atoms with van der Waals surface area (Å²) < 4.78 is 5.47. The summed E-state index contributed by atoms with van der Waals surface area (Å²) in [5, 5.41) is 14.3. The molecule has 1 saturated heterocycles. The molecule has 0 bridgehead atoms. The summed E-state index contributed by atoms with van der Waals surface area (Å²) >= 11 is 12.6. The zero-order chi connectivity index (χ0) is 25.8. The molecule has 182 valence electrons. The summed E-state index contributed by atoms with van der Waals surface area (Å²) in [5.74, 6) is -2.21. The number of aromatic hydroxyl groups is 1. The average molecular weight is 526 g/mol. The highest BCUT2D eigenvalue weighted by molar-refractivity contribution is 6.40. The molecule has 3 aromatic carbocycles. The maximum absolute atomic E-state index is 13.0. The highest BCUT2D eigenvalue weighted by Crippen LogP contribution is 2.35. The minimum Gasteiger partial charge on any atom is -0.508 e. The number of para-hydroxylation sites is 1. The van der Waals surface area contributed by atoms with Gasteiger partial charge in [-0.3, -0.25) is 19.7 Å². The van der Waals surface area contributed by atoms with Crippen molar-refractivity contribution in [2.75, 3.05) is 16.8 Å². The van der Waals surface area contributed by atoms with Crippen LogP contribution in [0.25, 0.3) is 6.08 Å². The highest BCUT2D eigenvalue weighted by Gasteiger charge is 2.36. The molecule has 0 radical (unpaired) electrons. The van der Waals surface area contributed by atoms with E-state index in [1.54, 1.807) is 24.3 Å². The molecular weight excluding hydrogens is 509 g/mol. The first-order valence-electron chi connectivity index (χ1n) is 10.4. The topological polar surface area (TPSA) is 125 Å². The number of imide groups is 2. The molecule has 1 fully saturated rings. The molecule has 0 saturated carbocycles. The van der Waals surface area contributed by atoms with Gasteiger partial charge in [0.1, 0.15) is 11.3 Å². The number of halogens is 2. The smallest absolute Gasteiger partial charge is 0.335 e. The maximum Gasteiger partial charge on any atom is 0.335 e. The molecule has 11 heteroatoms. The number of rotatable bonds is 6. The van der Waals surface area contributed by atoms with E-state index >= 15 is 0 Å². The van der Waals surface area contributed by atoms with E-state index in [2.05, 4.69) is 10.6 Å². The predicted molar refractivity (Wildman–Crippen MR) is 134 cm³/mol. The molecule has 1 heterocycles. The van der Waals surface area contributed by atoms with Crippen molar-refractivity contribution in [2.45, 2.75) is 0 Å². The molecule has 9 nitrogen and oxygen atoms in total. The lowest BCUT2D eigenvalue weighted by Gasteiger charge is -2.26. The molecule has 36 heavy (non-hydrogen) atoms. The van der Waals surface area contributed by atoms with Crippen LogP contribution >= 0.6 is 23.2 Å². The van der Waals surface area contributed by atoms with Gasteiger partial charge in [-0.05, 0) is 60.2 Å². The summed E-state index contributed by atoms with van der Waals surface area (Å²) in [4.78, 5) is 50.6. The van der Waals surface area contributed by atoms with Crippen LogP contribution in [0, 0.1) is 0 Å². The normalized spacial score (nSPS) is 14.6. The quantitative estimate of drug-likeness (QED) is 0.324. The van der Waals surface area contributed by atoms with Gasteiger partial charge in [-0.1, -0.05) is 41.4 Å². The number of nitrogens with one attached hydrogen (secondary N) is 2. The lowest BCUT2D eigenvalue weighted by molar-refractivity contribution is -0.122. The van der Waals surface area contributed by atoms with Crippen LogP contribution in [0.5, 0.6) is 11.5 Å². The number of anilines is 2. The number of nitrogens with zero attached hydrogens (tertiary/aromatic N) is 1. The third-order valence-corrected chi connectivity index (χ3v) is 5.51. The van der Waals surface area contributed by atoms with Crippen molar-refractivity contribution in [1.29, 1.82) is 0 Å². The Morgan fingerprint density at radius 1 is 1.00 bits per heavy atom. The number of urea groups is 1. The maximum atomic E-state index is 13.0. The first kappa shape index (κ1) is 24.8. The standard InChI is InChI=1S/C25H17Cl2N3O6/c26-19-11-14(12-20(27)22(19)36-13-21(32)28-15-4-2-1-3-5-15)10-18-23(33)29-25(35)30(24(18)34)16-6-8-17(31)9-7-16/h1-12,31H,13H2,(H,28,32)(H,29,33,35)/b18-10-. The van der Waals surface area contributed by atoms with Crippen LogP contribution in [0.1, 0.15) is 5.56 Å². The SMILES string of the molecule is O=C(COc1c(Cl)cc(/C=C2/C(=O)NC(=O)N(c3ccc(O)cc3)C2=O)cc1Cl)Nc1ccccc1. The Balaban J connectivity index is 1.53. The van der Waals surface area contributed by atoms with Gasteiger partial charge in [-0.2, -0.15) is 0 Å². The molecule has 1 aliphatic heterocycles. The molecule has 0 spiro atoms. The van der Waals surface area contributed by atoms with Gasteiger partial charge in [0.25, 0.3) is 17.7 Å². The van der Waals surface area contributed by atoms with Crippen LogP contribution in [-0.4, -0.2) is 35.5 Å². The fourth-order valence-electron chi connectivity index (χ4n) is 3.32. The van der Waals surface area contributed by atoms with Gasteiger partial charge in [0.05, 0.1) is 15.7 Å². The molecule has 3 N–H and O–H groups in total. The third-order valence-electron chi connectivity index (χ3n) is 4.95. The van der Waals surface area contributed by atoms with Crippen molar-refractivity contribution in [2.24, 2.45) is 0 Å². The number of hydrogen-bond acceptors (Lipinski definition) is 6. The molecule has 0 aliphatic carbocycles. The van der Waals surface area contributed by atoms with Gasteiger partial charge in [0.2, 0.25) is 0 Å². The number of carbonyl (C=O) groups excluding carboxylic acids is 4. The average Bonchev–Trinajstić information content (AvgIpc) is 2.83. The van der Waals surface area contributed by atoms with Crippen LogP contribution in [0.15, 0.2) is 72.3 Å². The van der Waals surface area contributed by atoms with Crippen molar-refractivity contribution in [3.8, 4) is 11.5 Å². The summed E-state index contributed by atoms with van der Waals surface area (Å²) in [6, 6.07) is 16.0.